The van der Waals surface area contributed by atoms with Crippen LogP contribution in [-0.4, -0.2) is 25.5 Å². The Hall–Kier alpha value is -2.01. The third-order valence-corrected chi connectivity index (χ3v) is 4.88. The summed E-state index contributed by atoms with van der Waals surface area (Å²) in [7, 11) is 0. The molecule has 0 aromatic heterocycles. The van der Waals surface area contributed by atoms with Gasteiger partial charge in [-0.05, 0) is 59.5 Å². The van der Waals surface area contributed by atoms with E-state index in [9.17, 15) is 4.79 Å². The molecule has 4 nitrogen and oxygen atoms in total. The van der Waals surface area contributed by atoms with E-state index < -0.39 is 0 Å². The van der Waals surface area contributed by atoms with Crippen molar-refractivity contribution < 1.29 is 4.79 Å². The van der Waals surface area contributed by atoms with E-state index >= 15 is 0 Å². The Morgan fingerprint density at radius 3 is 2.38 bits per heavy atom. The average Bonchev–Trinajstić information content (AvgIpc) is 2.63. The fourth-order valence-electron chi connectivity index (χ4n) is 2.97. The van der Waals surface area contributed by atoms with Crippen LogP contribution in [0.15, 0.2) is 53.0 Å². The maximum absolute atomic E-state index is 12.2. The van der Waals surface area contributed by atoms with Crippen molar-refractivity contribution in [2.75, 3.05) is 35.2 Å². The fourth-order valence-corrected chi connectivity index (χ4v) is 3.35. The number of carbonyl (C=O) groups is 1. The van der Waals surface area contributed by atoms with E-state index in [2.05, 4.69) is 43.6 Å². The lowest BCUT2D eigenvalue weighted by atomic mass is 10.1. The molecule has 0 atom stereocenters. The molecule has 1 aliphatic heterocycles. The summed E-state index contributed by atoms with van der Waals surface area (Å²) in [5.41, 5.74) is 2.99. The molecular weight excluding hydrogens is 366 g/mol. The van der Waals surface area contributed by atoms with Gasteiger partial charge < -0.3 is 15.5 Å². The standard InChI is InChI=1S/C19H22BrN3O/c20-15-8-2-3-9-16(15)22-19(24)14-21-17-10-4-5-11-18(17)23-12-6-1-7-13-23/h2-5,8-11,21H,1,6-7,12-14H2,(H,22,24). The Labute approximate surface area is 151 Å². The minimum Gasteiger partial charge on any atom is -0.374 e. The SMILES string of the molecule is O=C(CNc1ccccc1N1CCCCC1)Nc1ccccc1Br. The molecule has 24 heavy (non-hydrogen) atoms. The molecule has 126 valence electrons. The Kier molecular flexibility index (Phi) is 5.75. The van der Waals surface area contributed by atoms with Crippen molar-refractivity contribution in [2.24, 2.45) is 0 Å². The van der Waals surface area contributed by atoms with Crippen molar-refractivity contribution in [3.8, 4) is 0 Å². The van der Waals surface area contributed by atoms with Crippen LogP contribution in [0, 0.1) is 0 Å². The van der Waals surface area contributed by atoms with E-state index in [1.165, 1.54) is 24.9 Å². The Balaban J connectivity index is 1.62. The van der Waals surface area contributed by atoms with Crippen molar-refractivity contribution in [1.82, 2.24) is 0 Å². The molecule has 1 aliphatic rings. The van der Waals surface area contributed by atoms with Crippen LogP contribution >= 0.6 is 15.9 Å². The average molecular weight is 388 g/mol. The number of para-hydroxylation sites is 3. The van der Waals surface area contributed by atoms with E-state index in [0.717, 1.165) is 28.9 Å². The molecule has 2 aromatic carbocycles. The smallest absolute Gasteiger partial charge is 0.243 e. The summed E-state index contributed by atoms with van der Waals surface area (Å²) in [5, 5.41) is 6.20. The minimum absolute atomic E-state index is 0.0599. The molecule has 0 spiro atoms. The largest absolute Gasteiger partial charge is 0.374 e. The van der Waals surface area contributed by atoms with Crippen LogP contribution in [0.4, 0.5) is 17.1 Å². The third kappa shape index (κ3) is 4.29. The highest BCUT2D eigenvalue weighted by molar-refractivity contribution is 9.10. The molecule has 1 fully saturated rings. The van der Waals surface area contributed by atoms with Gasteiger partial charge in [-0.25, -0.2) is 0 Å². The predicted molar refractivity (Wildman–Crippen MR) is 104 cm³/mol. The van der Waals surface area contributed by atoms with E-state index in [-0.39, 0.29) is 12.5 Å². The molecule has 0 saturated carbocycles. The van der Waals surface area contributed by atoms with Gasteiger partial charge in [-0.15, -0.1) is 0 Å². The van der Waals surface area contributed by atoms with Crippen LogP contribution in [0.2, 0.25) is 0 Å². The number of nitrogens with one attached hydrogen (secondary N) is 2. The van der Waals surface area contributed by atoms with Crippen LogP contribution in [0.3, 0.4) is 0 Å². The number of anilines is 3. The molecule has 5 heteroatoms. The molecule has 1 saturated heterocycles. The predicted octanol–water partition coefficient (Wildman–Crippen LogP) is 4.49. The van der Waals surface area contributed by atoms with Gasteiger partial charge in [0.1, 0.15) is 0 Å². The summed E-state index contributed by atoms with van der Waals surface area (Å²) in [6.07, 6.45) is 3.77. The Morgan fingerprint density at radius 2 is 1.62 bits per heavy atom. The van der Waals surface area contributed by atoms with Crippen LogP contribution in [0.1, 0.15) is 19.3 Å². The number of piperidine rings is 1. The van der Waals surface area contributed by atoms with E-state index in [4.69, 9.17) is 0 Å². The first-order chi connectivity index (χ1) is 11.7. The first kappa shape index (κ1) is 16.8. The van der Waals surface area contributed by atoms with Crippen LogP contribution in [-0.2, 0) is 4.79 Å². The summed E-state index contributed by atoms with van der Waals surface area (Å²) >= 11 is 3.44. The summed E-state index contributed by atoms with van der Waals surface area (Å²) in [6.45, 7) is 2.41. The second-order valence-corrected chi connectivity index (χ2v) is 6.80. The Morgan fingerprint density at radius 1 is 0.958 bits per heavy atom. The molecule has 1 amide bonds. The highest BCUT2D eigenvalue weighted by Crippen LogP contribution is 2.28. The van der Waals surface area contributed by atoms with Crippen molar-refractivity contribution in [3.05, 3.63) is 53.0 Å². The van der Waals surface area contributed by atoms with Gasteiger partial charge in [-0.3, -0.25) is 4.79 Å². The van der Waals surface area contributed by atoms with Crippen LogP contribution < -0.4 is 15.5 Å². The molecule has 2 aromatic rings. The number of benzene rings is 2. The molecule has 2 N–H and O–H groups in total. The highest BCUT2D eigenvalue weighted by Gasteiger charge is 2.14. The normalized spacial score (nSPS) is 14.3. The second kappa shape index (κ2) is 8.20. The quantitative estimate of drug-likeness (QED) is 0.793. The minimum atomic E-state index is -0.0599. The number of nitrogens with zero attached hydrogens (tertiary/aromatic N) is 1. The fraction of sp³-hybridized carbons (Fsp3) is 0.316. The molecule has 0 aliphatic carbocycles. The molecule has 1 heterocycles. The van der Waals surface area contributed by atoms with Gasteiger partial charge in [0, 0.05) is 17.6 Å². The van der Waals surface area contributed by atoms with Crippen molar-refractivity contribution >= 4 is 38.9 Å². The molecular formula is C19H22BrN3O. The molecule has 3 rings (SSSR count). The Bertz CT molecular complexity index is 699. The van der Waals surface area contributed by atoms with E-state index in [1.807, 2.05) is 36.4 Å². The van der Waals surface area contributed by atoms with Gasteiger partial charge in [0.15, 0.2) is 0 Å². The number of rotatable bonds is 5. The van der Waals surface area contributed by atoms with Crippen molar-refractivity contribution in [2.45, 2.75) is 19.3 Å². The van der Waals surface area contributed by atoms with Crippen LogP contribution in [0.5, 0.6) is 0 Å². The molecule has 0 radical (unpaired) electrons. The number of hydrogen-bond donors (Lipinski definition) is 2. The van der Waals surface area contributed by atoms with Gasteiger partial charge in [-0.2, -0.15) is 0 Å². The number of carbonyl (C=O) groups excluding carboxylic acids is 1. The highest BCUT2D eigenvalue weighted by atomic mass is 79.9. The zero-order valence-electron chi connectivity index (χ0n) is 13.6. The topological polar surface area (TPSA) is 44.4 Å². The molecule has 0 unspecified atom stereocenters. The van der Waals surface area contributed by atoms with Crippen molar-refractivity contribution in [3.63, 3.8) is 0 Å². The summed E-state index contributed by atoms with van der Waals surface area (Å²) < 4.78 is 0.882. The lowest BCUT2D eigenvalue weighted by molar-refractivity contribution is -0.114. The number of halogens is 1. The zero-order chi connectivity index (χ0) is 16.8. The van der Waals surface area contributed by atoms with Crippen molar-refractivity contribution in [1.29, 1.82) is 0 Å². The second-order valence-electron chi connectivity index (χ2n) is 5.95. The number of amides is 1. The van der Waals surface area contributed by atoms with Gasteiger partial charge in [0.25, 0.3) is 0 Å². The van der Waals surface area contributed by atoms with Gasteiger partial charge in [0.2, 0.25) is 5.91 Å². The van der Waals surface area contributed by atoms with Gasteiger partial charge in [0.05, 0.1) is 23.6 Å². The summed E-state index contributed by atoms with van der Waals surface area (Å²) in [5.74, 6) is -0.0599. The van der Waals surface area contributed by atoms with Gasteiger partial charge >= 0.3 is 0 Å². The lowest BCUT2D eigenvalue weighted by Gasteiger charge is -2.30. The number of hydrogen-bond acceptors (Lipinski definition) is 3. The molecule has 0 bridgehead atoms. The summed E-state index contributed by atoms with van der Waals surface area (Å²) in [4.78, 5) is 14.6. The maximum atomic E-state index is 12.2. The maximum Gasteiger partial charge on any atom is 0.243 e. The first-order valence-electron chi connectivity index (χ1n) is 8.36. The first-order valence-corrected chi connectivity index (χ1v) is 9.15. The monoisotopic (exact) mass is 387 g/mol. The van der Waals surface area contributed by atoms with Gasteiger partial charge in [-0.1, -0.05) is 24.3 Å². The third-order valence-electron chi connectivity index (χ3n) is 4.19. The zero-order valence-corrected chi connectivity index (χ0v) is 15.2. The van der Waals surface area contributed by atoms with E-state index in [1.54, 1.807) is 0 Å². The lowest BCUT2D eigenvalue weighted by Crippen LogP contribution is -2.30. The van der Waals surface area contributed by atoms with E-state index in [0.29, 0.717) is 0 Å². The summed E-state index contributed by atoms with van der Waals surface area (Å²) in [6, 6.07) is 15.8. The van der Waals surface area contributed by atoms with Crippen LogP contribution in [0.25, 0.3) is 0 Å².